The van der Waals surface area contributed by atoms with Crippen LogP contribution in [0.1, 0.15) is 17.0 Å². The number of nitrogens with zero attached hydrogens (tertiary/aromatic N) is 4. The zero-order chi connectivity index (χ0) is 26.3. The van der Waals surface area contributed by atoms with Crippen molar-refractivity contribution in [1.82, 2.24) is 19.9 Å². The predicted octanol–water partition coefficient (Wildman–Crippen LogP) is 6.43. The maximum Gasteiger partial charge on any atom is 0.493 e. The van der Waals surface area contributed by atoms with Crippen LogP contribution in [0, 0.1) is 0 Å². The summed E-state index contributed by atoms with van der Waals surface area (Å²) in [6, 6.07) is 7.69. The monoisotopic (exact) mass is 549 g/mol. The van der Waals surface area contributed by atoms with Crippen molar-refractivity contribution in [1.29, 1.82) is 0 Å². The zero-order valence-electron chi connectivity index (χ0n) is 17.5. The molecule has 2 aromatic heterocycles. The number of halogens is 8. The number of H-pyrrole nitrogens is 1. The lowest BCUT2D eigenvalue weighted by Crippen LogP contribution is -2.33. The summed E-state index contributed by atoms with van der Waals surface area (Å²) in [5.41, 5.74) is -1.02. The highest BCUT2D eigenvalue weighted by atomic mass is 35.5. The first kappa shape index (κ1) is 25.5. The van der Waals surface area contributed by atoms with Crippen molar-refractivity contribution in [3.05, 3.63) is 75.8 Å². The third-order valence-electron chi connectivity index (χ3n) is 4.75. The summed E-state index contributed by atoms with van der Waals surface area (Å²) in [6.07, 6.45) is -9.11. The Kier molecular flexibility index (Phi) is 6.71. The molecule has 0 fully saturated rings. The smallest absolute Gasteiger partial charge is 0.337 e. The topological polar surface area (TPSA) is 84.0 Å². The van der Waals surface area contributed by atoms with Gasteiger partial charge < -0.3 is 9.82 Å². The van der Waals surface area contributed by atoms with Gasteiger partial charge in [-0.15, -0.1) is 0 Å². The van der Waals surface area contributed by atoms with Crippen molar-refractivity contribution >= 4 is 51.8 Å². The molecule has 0 atom stereocenters. The second kappa shape index (κ2) is 9.47. The van der Waals surface area contributed by atoms with Crippen LogP contribution in [0.15, 0.2) is 48.8 Å². The molecule has 1 N–H and O–H groups in total. The maximum atomic E-state index is 13.0. The molecular formula is C21H11Cl2F6N5O2. The van der Waals surface area contributed by atoms with E-state index in [1.165, 1.54) is 0 Å². The fraction of sp³-hybridized carbons (Fsp3) is 0.143. The van der Waals surface area contributed by atoms with Crippen LogP contribution in [0.25, 0.3) is 11.2 Å². The molecular weight excluding hydrogens is 539 g/mol. The summed E-state index contributed by atoms with van der Waals surface area (Å²) in [7, 11) is 0. The van der Waals surface area contributed by atoms with Crippen molar-refractivity contribution in [2.75, 3.05) is 5.06 Å². The van der Waals surface area contributed by atoms with E-state index >= 15 is 0 Å². The van der Waals surface area contributed by atoms with Gasteiger partial charge in [-0.2, -0.15) is 31.4 Å². The number of imidazole rings is 1. The van der Waals surface area contributed by atoms with Gasteiger partial charge in [0.2, 0.25) is 0 Å². The number of rotatable bonds is 5. The Labute approximate surface area is 207 Å². The Morgan fingerprint density at radius 2 is 1.61 bits per heavy atom. The summed E-state index contributed by atoms with van der Waals surface area (Å²) < 4.78 is 77.8. The summed E-state index contributed by atoms with van der Waals surface area (Å²) >= 11 is 12.4. The molecule has 0 amide bonds. The number of carbonyl (C=O) groups is 1. The molecule has 0 radical (unpaired) electrons. The van der Waals surface area contributed by atoms with Crippen molar-refractivity contribution in [3.63, 3.8) is 0 Å². The molecule has 0 aliphatic carbocycles. The number of alkyl halides is 6. The molecule has 2 heterocycles. The Morgan fingerprint density at radius 3 is 2.19 bits per heavy atom. The molecule has 188 valence electrons. The van der Waals surface area contributed by atoms with Gasteiger partial charge in [-0.05, 0) is 42.0 Å². The average molecular weight is 550 g/mol. The van der Waals surface area contributed by atoms with Crippen molar-refractivity contribution in [2.45, 2.75) is 18.8 Å². The quantitative estimate of drug-likeness (QED) is 0.228. The van der Waals surface area contributed by atoms with E-state index in [1.54, 1.807) is 18.2 Å². The van der Waals surface area contributed by atoms with E-state index in [0.29, 0.717) is 32.8 Å². The Balaban J connectivity index is 1.79. The molecule has 0 unspecified atom stereocenters. The second-order valence-corrected chi connectivity index (χ2v) is 7.99. The summed E-state index contributed by atoms with van der Waals surface area (Å²) in [5.74, 6) is -2.81. The van der Waals surface area contributed by atoms with E-state index in [2.05, 4.69) is 24.8 Å². The van der Waals surface area contributed by atoms with E-state index < -0.39 is 29.7 Å². The van der Waals surface area contributed by atoms with Crippen molar-refractivity contribution in [3.8, 4) is 0 Å². The first-order chi connectivity index (χ1) is 16.8. The van der Waals surface area contributed by atoms with Crippen LogP contribution in [-0.2, 0) is 22.2 Å². The SMILES string of the molecule is O=C(ON(c1ccc(C(F)(F)F)cc1)c1ncnc2nc(Cc3c(Cl)cccc3Cl)[nH]c12)C(F)(F)F. The molecule has 0 spiro atoms. The van der Waals surface area contributed by atoms with E-state index in [0.717, 1.165) is 18.5 Å². The fourth-order valence-electron chi connectivity index (χ4n) is 3.11. The lowest BCUT2D eigenvalue weighted by Gasteiger charge is -2.23. The van der Waals surface area contributed by atoms with Crippen LogP contribution in [0.4, 0.5) is 37.8 Å². The molecule has 0 saturated carbocycles. The van der Waals surface area contributed by atoms with Crippen LogP contribution >= 0.6 is 23.2 Å². The molecule has 15 heteroatoms. The van der Waals surface area contributed by atoms with Gasteiger partial charge in [-0.1, -0.05) is 29.3 Å². The molecule has 2 aromatic carbocycles. The largest absolute Gasteiger partial charge is 0.493 e. The van der Waals surface area contributed by atoms with Gasteiger partial charge in [0.25, 0.3) is 0 Å². The Morgan fingerprint density at radius 1 is 0.972 bits per heavy atom. The van der Waals surface area contributed by atoms with E-state index in [4.69, 9.17) is 23.2 Å². The number of hydrogen-bond donors (Lipinski definition) is 1. The van der Waals surface area contributed by atoms with E-state index in [1.807, 2.05) is 0 Å². The number of fused-ring (bicyclic) bond motifs is 1. The van der Waals surface area contributed by atoms with Gasteiger partial charge >= 0.3 is 18.3 Å². The highest BCUT2D eigenvalue weighted by Gasteiger charge is 2.43. The molecule has 7 nitrogen and oxygen atoms in total. The van der Waals surface area contributed by atoms with Gasteiger partial charge in [-0.25, -0.2) is 19.7 Å². The lowest BCUT2D eigenvalue weighted by molar-refractivity contribution is -0.199. The number of aromatic amines is 1. The molecule has 4 rings (SSSR count). The van der Waals surface area contributed by atoms with E-state index in [-0.39, 0.29) is 29.1 Å². The van der Waals surface area contributed by atoms with Crippen LogP contribution in [0.3, 0.4) is 0 Å². The summed E-state index contributed by atoms with van der Waals surface area (Å²) in [4.78, 5) is 31.0. The molecule has 4 aromatic rings. The minimum atomic E-state index is -5.41. The molecule has 0 aliphatic heterocycles. The normalized spacial score (nSPS) is 12.1. The number of benzene rings is 2. The van der Waals surface area contributed by atoms with Crippen LogP contribution in [0.2, 0.25) is 10.0 Å². The third kappa shape index (κ3) is 5.31. The summed E-state index contributed by atoms with van der Waals surface area (Å²) in [5, 5.41) is 1.00. The number of carbonyl (C=O) groups excluding carboxylic acids is 1. The summed E-state index contributed by atoms with van der Waals surface area (Å²) in [6.45, 7) is 0. The highest BCUT2D eigenvalue weighted by Crippen LogP contribution is 2.35. The van der Waals surface area contributed by atoms with Crippen LogP contribution in [-0.4, -0.2) is 32.1 Å². The second-order valence-electron chi connectivity index (χ2n) is 7.17. The van der Waals surface area contributed by atoms with Gasteiger partial charge in [0, 0.05) is 16.5 Å². The number of nitrogens with one attached hydrogen (secondary N) is 1. The Hall–Kier alpha value is -3.58. The number of hydrogen-bond acceptors (Lipinski definition) is 6. The minimum Gasteiger partial charge on any atom is -0.337 e. The average Bonchev–Trinajstić information content (AvgIpc) is 3.22. The van der Waals surface area contributed by atoms with Crippen LogP contribution < -0.4 is 5.06 Å². The van der Waals surface area contributed by atoms with Gasteiger partial charge in [0.15, 0.2) is 11.5 Å². The Bertz CT molecular complexity index is 1400. The zero-order valence-corrected chi connectivity index (χ0v) is 19.0. The molecule has 0 bridgehead atoms. The molecule has 0 saturated heterocycles. The van der Waals surface area contributed by atoms with Crippen LogP contribution in [0.5, 0.6) is 0 Å². The number of anilines is 2. The van der Waals surface area contributed by atoms with E-state index in [9.17, 15) is 31.1 Å². The van der Waals surface area contributed by atoms with Crippen molar-refractivity contribution in [2.24, 2.45) is 0 Å². The van der Waals surface area contributed by atoms with Gasteiger partial charge in [0.05, 0.1) is 11.3 Å². The number of aromatic nitrogens is 4. The van der Waals surface area contributed by atoms with Crippen molar-refractivity contribution < 1.29 is 36.0 Å². The maximum absolute atomic E-state index is 13.0. The predicted molar refractivity (Wildman–Crippen MR) is 117 cm³/mol. The first-order valence-corrected chi connectivity index (χ1v) is 10.5. The van der Waals surface area contributed by atoms with Gasteiger partial charge in [0.1, 0.15) is 17.7 Å². The first-order valence-electron chi connectivity index (χ1n) is 9.73. The molecule has 0 aliphatic rings. The third-order valence-corrected chi connectivity index (χ3v) is 5.46. The van der Waals surface area contributed by atoms with Gasteiger partial charge in [-0.3, -0.25) is 0 Å². The fourth-order valence-corrected chi connectivity index (χ4v) is 3.64. The standard InChI is InChI=1S/C21H11Cl2F6N5O2/c22-13-2-1-3-14(23)12(13)8-15-32-16-17(33-15)30-9-31-18(16)34(36-19(35)21(27,28)29)11-6-4-10(5-7-11)20(24,25)26/h1-7,9H,8H2,(H,30,31,32,33). The highest BCUT2D eigenvalue weighted by molar-refractivity contribution is 6.36. The minimum absolute atomic E-state index is 0.0295. The molecule has 36 heavy (non-hydrogen) atoms. The lowest BCUT2D eigenvalue weighted by atomic mass is 10.1.